The van der Waals surface area contributed by atoms with Gasteiger partial charge in [0.2, 0.25) is 0 Å². The maximum atomic E-state index is 12.6. The molecule has 2 aromatic rings. The molecule has 0 saturated carbocycles. The molecule has 0 amide bonds. The minimum Gasteiger partial charge on any atom is -0.392 e. The fourth-order valence-corrected chi connectivity index (χ4v) is 3.05. The predicted molar refractivity (Wildman–Crippen MR) is 76.4 cm³/mol. The Bertz CT molecular complexity index is 602. The molecule has 0 radical (unpaired) electrons. The van der Waals surface area contributed by atoms with Crippen LogP contribution in [0.1, 0.15) is 26.7 Å². The molecule has 0 aliphatic carbocycles. The molecule has 1 aromatic heterocycles. The standard InChI is InChI=1S/C15H16F3NOS/c1-9-10(2)21-14(19-9)8-13(20)7-11-4-3-5-12(6-11)15(16,17)18/h3-6,13,20H,7-8H2,1-2H3. The van der Waals surface area contributed by atoms with Crippen molar-refractivity contribution < 1.29 is 18.3 Å². The first-order valence-electron chi connectivity index (χ1n) is 6.53. The number of aromatic nitrogens is 1. The zero-order chi connectivity index (χ0) is 15.6. The summed E-state index contributed by atoms with van der Waals surface area (Å²) in [6.45, 7) is 3.85. The first kappa shape index (κ1) is 16.0. The van der Waals surface area contributed by atoms with Crippen LogP contribution in [0.25, 0.3) is 0 Å². The van der Waals surface area contributed by atoms with Crippen LogP contribution >= 0.6 is 11.3 Å². The molecule has 2 rings (SSSR count). The molecule has 21 heavy (non-hydrogen) atoms. The highest BCUT2D eigenvalue weighted by Gasteiger charge is 2.30. The third kappa shape index (κ3) is 4.28. The van der Waals surface area contributed by atoms with Crippen LogP contribution < -0.4 is 0 Å². The van der Waals surface area contributed by atoms with Crippen LogP contribution in [-0.4, -0.2) is 16.2 Å². The second-order valence-corrected chi connectivity index (χ2v) is 6.30. The quantitative estimate of drug-likeness (QED) is 0.927. The first-order valence-corrected chi connectivity index (χ1v) is 7.34. The zero-order valence-electron chi connectivity index (χ0n) is 11.7. The van der Waals surface area contributed by atoms with E-state index in [-0.39, 0.29) is 6.42 Å². The fourth-order valence-electron chi connectivity index (χ4n) is 2.05. The van der Waals surface area contributed by atoms with Crippen molar-refractivity contribution in [1.82, 2.24) is 4.98 Å². The van der Waals surface area contributed by atoms with Crippen LogP contribution in [0.3, 0.4) is 0 Å². The summed E-state index contributed by atoms with van der Waals surface area (Å²) in [5, 5.41) is 10.8. The van der Waals surface area contributed by atoms with Gasteiger partial charge in [0.05, 0.1) is 22.4 Å². The monoisotopic (exact) mass is 315 g/mol. The molecule has 2 nitrogen and oxygen atoms in total. The van der Waals surface area contributed by atoms with Gasteiger partial charge in [-0.2, -0.15) is 13.2 Å². The fraction of sp³-hybridized carbons (Fsp3) is 0.400. The van der Waals surface area contributed by atoms with Crippen LogP contribution in [-0.2, 0) is 19.0 Å². The minimum atomic E-state index is -4.36. The summed E-state index contributed by atoms with van der Waals surface area (Å²) in [6.07, 6.45) is -4.56. The SMILES string of the molecule is Cc1nc(CC(O)Cc2cccc(C(F)(F)F)c2)sc1C. The van der Waals surface area contributed by atoms with Crippen LogP contribution in [0.5, 0.6) is 0 Å². The van der Waals surface area contributed by atoms with Gasteiger partial charge in [-0.1, -0.05) is 18.2 Å². The summed E-state index contributed by atoms with van der Waals surface area (Å²) in [6, 6.07) is 5.07. The zero-order valence-corrected chi connectivity index (χ0v) is 12.6. The molecular weight excluding hydrogens is 299 g/mol. The van der Waals surface area contributed by atoms with E-state index in [0.29, 0.717) is 12.0 Å². The summed E-state index contributed by atoms with van der Waals surface area (Å²) in [7, 11) is 0. The van der Waals surface area contributed by atoms with Crippen molar-refractivity contribution in [2.24, 2.45) is 0 Å². The smallest absolute Gasteiger partial charge is 0.392 e. The number of benzene rings is 1. The van der Waals surface area contributed by atoms with Crippen molar-refractivity contribution in [3.8, 4) is 0 Å². The van der Waals surface area contributed by atoms with Gasteiger partial charge in [-0.05, 0) is 31.9 Å². The number of alkyl halides is 3. The lowest BCUT2D eigenvalue weighted by Crippen LogP contribution is -2.14. The second-order valence-electron chi connectivity index (χ2n) is 5.01. The summed E-state index contributed by atoms with van der Waals surface area (Å²) in [5.74, 6) is 0. The highest BCUT2D eigenvalue weighted by Crippen LogP contribution is 2.30. The van der Waals surface area contributed by atoms with Crippen molar-refractivity contribution in [3.63, 3.8) is 0 Å². The van der Waals surface area contributed by atoms with Crippen molar-refractivity contribution in [2.45, 2.75) is 39.0 Å². The van der Waals surface area contributed by atoms with E-state index in [1.54, 1.807) is 6.07 Å². The Balaban J connectivity index is 2.04. The van der Waals surface area contributed by atoms with Gasteiger partial charge in [0.1, 0.15) is 0 Å². The number of hydrogen-bond acceptors (Lipinski definition) is 3. The lowest BCUT2D eigenvalue weighted by Gasteiger charge is -2.11. The van der Waals surface area contributed by atoms with Gasteiger partial charge in [0.15, 0.2) is 0 Å². The molecule has 0 aliphatic heterocycles. The Hall–Kier alpha value is -1.40. The molecule has 6 heteroatoms. The average molecular weight is 315 g/mol. The molecule has 0 aliphatic rings. The van der Waals surface area contributed by atoms with Crippen LogP contribution in [0.2, 0.25) is 0 Å². The number of aryl methyl sites for hydroxylation is 2. The third-order valence-electron chi connectivity index (χ3n) is 3.21. The van der Waals surface area contributed by atoms with Gasteiger partial charge in [0.25, 0.3) is 0 Å². The topological polar surface area (TPSA) is 33.1 Å². The second kappa shape index (κ2) is 6.15. The van der Waals surface area contributed by atoms with E-state index in [0.717, 1.165) is 27.7 Å². The number of aliphatic hydroxyl groups excluding tert-OH is 1. The number of aliphatic hydroxyl groups is 1. The number of thiazole rings is 1. The molecule has 1 unspecified atom stereocenters. The molecule has 0 fully saturated rings. The molecular formula is C15H16F3NOS. The van der Waals surface area contributed by atoms with E-state index in [4.69, 9.17) is 0 Å². The normalized spacial score (nSPS) is 13.4. The van der Waals surface area contributed by atoms with Gasteiger partial charge in [-0.15, -0.1) is 11.3 Å². The maximum absolute atomic E-state index is 12.6. The maximum Gasteiger partial charge on any atom is 0.416 e. The van der Waals surface area contributed by atoms with Gasteiger partial charge in [0, 0.05) is 11.3 Å². The Morgan fingerprint density at radius 3 is 2.52 bits per heavy atom. The number of halogens is 3. The van der Waals surface area contributed by atoms with E-state index in [1.807, 2.05) is 13.8 Å². The number of hydrogen-bond donors (Lipinski definition) is 1. The molecule has 114 valence electrons. The molecule has 0 saturated heterocycles. The number of nitrogens with zero attached hydrogens (tertiary/aromatic N) is 1. The van der Waals surface area contributed by atoms with E-state index in [2.05, 4.69) is 4.98 Å². The summed E-state index contributed by atoms with van der Waals surface area (Å²) in [4.78, 5) is 5.42. The van der Waals surface area contributed by atoms with Crippen molar-refractivity contribution in [3.05, 3.63) is 51.0 Å². The number of rotatable bonds is 4. The largest absolute Gasteiger partial charge is 0.416 e. The Labute approximate surface area is 125 Å². The molecule has 1 N–H and O–H groups in total. The van der Waals surface area contributed by atoms with E-state index >= 15 is 0 Å². The molecule has 1 atom stereocenters. The van der Waals surface area contributed by atoms with Gasteiger partial charge in [-0.25, -0.2) is 4.98 Å². The summed E-state index contributed by atoms with van der Waals surface area (Å²) >= 11 is 1.51. The Morgan fingerprint density at radius 1 is 1.24 bits per heavy atom. The van der Waals surface area contributed by atoms with E-state index in [9.17, 15) is 18.3 Å². The average Bonchev–Trinajstić information content (AvgIpc) is 2.67. The van der Waals surface area contributed by atoms with E-state index in [1.165, 1.54) is 17.4 Å². The molecule has 0 bridgehead atoms. The Morgan fingerprint density at radius 2 is 1.95 bits per heavy atom. The Kier molecular flexibility index (Phi) is 4.68. The van der Waals surface area contributed by atoms with Crippen LogP contribution in [0.15, 0.2) is 24.3 Å². The molecule has 0 spiro atoms. The van der Waals surface area contributed by atoms with E-state index < -0.39 is 17.8 Å². The highest BCUT2D eigenvalue weighted by atomic mass is 32.1. The van der Waals surface area contributed by atoms with Gasteiger partial charge >= 0.3 is 6.18 Å². The summed E-state index contributed by atoms with van der Waals surface area (Å²) < 4.78 is 37.9. The minimum absolute atomic E-state index is 0.182. The van der Waals surface area contributed by atoms with Crippen molar-refractivity contribution in [1.29, 1.82) is 0 Å². The summed E-state index contributed by atoms with van der Waals surface area (Å²) in [5.41, 5.74) is 0.719. The van der Waals surface area contributed by atoms with Crippen LogP contribution in [0, 0.1) is 13.8 Å². The first-order chi connectivity index (χ1) is 9.75. The van der Waals surface area contributed by atoms with Gasteiger partial charge < -0.3 is 5.11 Å². The highest BCUT2D eigenvalue weighted by molar-refractivity contribution is 7.11. The van der Waals surface area contributed by atoms with Crippen molar-refractivity contribution >= 4 is 11.3 Å². The van der Waals surface area contributed by atoms with Gasteiger partial charge in [-0.3, -0.25) is 0 Å². The predicted octanol–water partition coefficient (Wildman–Crippen LogP) is 3.92. The lowest BCUT2D eigenvalue weighted by atomic mass is 10.0. The van der Waals surface area contributed by atoms with Crippen molar-refractivity contribution in [2.75, 3.05) is 0 Å². The molecule has 1 aromatic carbocycles. The molecule has 1 heterocycles. The third-order valence-corrected chi connectivity index (χ3v) is 4.30. The van der Waals surface area contributed by atoms with Crippen LogP contribution in [0.4, 0.5) is 13.2 Å². The lowest BCUT2D eigenvalue weighted by molar-refractivity contribution is -0.137.